The third-order valence-corrected chi connectivity index (χ3v) is 4.96. The Hall–Kier alpha value is -3.65. The fourth-order valence-electron chi connectivity index (χ4n) is 2.91. The van der Waals surface area contributed by atoms with Crippen molar-refractivity contribution in [3.8, 4) is 0 Å². The monoisotopic (exact) mass is 475 g/mol. The molecule has 0 fully saturated rings. The second-order valence-electron chi connectivity index (χ2n) is 6.97. The molecular weight excluding hydrogens is 459 g/mol. The Morgan fingerprint density at radius 3 is 2.15 bits per heavy atom. The van der Waals surface area contributed by atoms with Gasteiger partial charge in [0.05, 0.1) is 21.8 Å². The highest BCUT2D eigenvalue weighted by Crippen LogP contribution is 2.34. The second kappa shape index (κ2) is 9.87. The quantitative estimate of drug-likeness (QED) is 0.362. The Labute approximate surface area is 192 Å². The summed E-state index contributed by atoms with van der Waals surface area (Å²) in [7, 11) is 0. The molecule has 0 aliphatic rings. The Kier molecular flexibility index (Phi) is 7.18. The van der Waals surface area contributed by atoms with Crippen molar-refractivity contribution in [2.45, 2.75) is 19.2 Å². The Morgan fingerprint density at radius 2 is 1.52 bits per heavy atom. The molecule has 0 radical (unpaired) electrons. The van der Waals surface area contributed by atoms with Gasteiger partial charge in [0.1, 0.15) is 0 Å². The van der Waals surface area contributed by atoms with Crippen LogP contribution in [-0.4, -0.2) is 23.8 Å². The van der Waals surface area contributed by atoms with Crippen LogP contribution in [0.3, 0.4) is 0 Å². The van der Waals surface area contributed by atoms with Gasteiger partial charge in [0.25, 0.3) is 5.91 Å². The first-order valence-corrected chi connectivity index (χ1v) is 10.0. The minimum Gasteiger partial charge on any atom is -0.449 e. The van der Waals surface area contributed by atoms with Gasteiger partial charge in [-0.1, -0.05) is 60.1 Å². The maximum Gasteiger partial charge on any atom is 0.416 e. The summed E-state index contributed by atoms with van der Waals surface area (Å²) >= 11 is 5.88. The number of halogens is 4. The minimum absolute atomic E-state index is 0.0527. The van der Waals surface area contributed by atoms with Crippen LogP contribution in [0.1, 0.15) is 38.8 Å². The van der Waals surface area contributed by atoms with Crippen LogP contribution >= 0.6 is 11.6 Å². The molecule has 9 heteroatoms. The van der Waals surface area contributed by atoms with Crippen LogP contribution in [-0.2, 0) is 15.7 Å². The van der Waals surface area contributed by atoms with Gasteiger partial charge in [-0.15, -0.1) is 0 Å². The lowest BCUT2D eigenvalue weighted by molar-refractivity contribution is -0.137. The van der Waals surface area contributed by atoms with Gasteiger partial charge in [-0.3, -0.25) is 9.59 Å². The predicted octanol–water partition coefficient (Wildman–Crippen LogP) is 5.77. The molecule has 1 atom stereocenters. The number of carbonyl (C=O) groups excluding carboxylic acids is 3. The molecule has 0 saturated heterocycles. The average Bonchev–Trinajstić information content (AvgIpc) is 2.79. The largest absolute Gasteiger partial charge is 0.449 e. The average molecular weight is 476 g/mol. The SMILES string of the molecule is CC(OC(=O)c1ccccc1C(=O)c1ccccc1)C(=O)Nc1cc(C(F)(F)F)ccc1Cl. The molecule has 3 aromatic rings. The van der Waals surface area contributed by atoms with Gasteiger partial charge in [0.15, 0.2) is 11.9 Å². The van der Waals surface area contributed by atoms with Crippen LogP contribution in [0, 0.1) is 0 Å². The number of benzene rings is 3. The van der Waals surface area contributed by atoms with E-state index in [9.17, 15) is 27.6 Å². The second-order valence-corrected chi connectivity index (χ2v) is 7.38. The Bertz CT molecular complexity index is 1200. The highest BCUT2D eigenvalue weighted by Gasteiger charge is 2.31. The lowest BCUT2D eigenvalue weighted by Crippen LogP contribution is -2.30. The minimum atomic E-state index is -4.63. The van der Waals surface area contributed by atoms with E-state index < -0.39 is 35.5 Å². The van der Waals surface area contributed by atoms with Crippen molar-refractivity contribution >= 4 is 34.9 Å². The van der Waals surface area contributed by atoms with Gasteiger partial charge in [-0.05, 0) is 31.2 Å². The van der Waals surface area contributed by atoms with E-state index >= 15 is 0 Å². The molecule has 1 N–H and O–H groups in total. The van der Waals surface area contributed by atoms with Crippen LogP contribution in [0.5, 0.6) is 0 Å². The first-order valence-electron chi connectivity index (χ1n) is 9.65. The standard InChI is InChI=1S/C24H17ClF3NO4/c1-14(22(31)29-20-13-16(24(26,27)28)11-12-19(20)25)33-23(32)18-10-6-5-9-17(18)21(30)15-7-3-2-4-8-15/h2-14H,1H3,(H,29,31). The summed E-state index contributed by atoms with van der Waals surface area (Å²) in [5, 5.41) is 2.11. The van der Waals surface area contributed by atoms with Gasteiger partial charge >= 0.3 is 12.1 Å². The van der Waals surface area contributed by atoms with E-state index in [-0.39, 0.29) is 21.8 Å². The third-order valence-electron chi connectivity index (χ3n) is 4.63. The van der Waals surface area contributed by atoms with Crippen molar-refractivity contribution in [3.63, 3.8) is 0 Å². The lowest BCUT2D eigenvalue weighted by atomic mass is 9.98. The van der Waals surface area contributed by atoms with E-state index in [1.54, 1.807) is 36.4 Å². The first kappa shape index (κ1) is 24.0. The number of ether oxygens (including phenoxy) is 1. The zero-order chi connectivity index (χ0) is 24.2. The van der Waals surface area contributed by atoms with Crippen molar-refractivity contribution in [3.05, 3.63) is 100 Å². The normalized spacial score (nSPS) is 12.0. The number of nitrogens with one attached hydrogen (secondary N) is 1. The van der Waals surface area contributed by atoms with Crippen molar-refractivity contribution < 1.29 is 32.3 Å². The molecule has 1 amide bonds. The van der Waals surface area contributed by atoms with Crippen LogP contribution in [0.4, 0.5) is 18.9 Å². The number of hydrogen-bond acceptors (Lipinski definition) is 4. The maximum atomic E-state index is 12.9. The van der Waals surface area contributed by atoms with Crippen molar-refractivity contribution in [2.75, 3.05) is 5.32 Å². The highest BCUT2D eigenvalue weighted by atomic mass is 35.5. The molecule has 0 saturated carbocycles. The van der Waals surface area contributed by atoms with Crippen molar-refractivity contribution in [1.82, 2.24) is 0 Å². The molecule has 0 spiro atoms. The summed E-state index contributed by atoms with van der Waals surface area (Å²) in [6.07, 6.45) is -6.01. The van der Waals surface area contributed by atoms with E-state index in [2.05, 4.69) is 5.32 Å². The number of amides is 1. The first-order chi connectivity index (χ1) is 15.6. The van der Waals surface area contributed by atoms with E-state index in [4.69, 9.17) is 16.3 Å². The van der Waals surface area contributed by atoms with E-state index in [0.717, 1.165) is 12.1 Å². The number of hydrogen-bond donors (Lipinski definition) is 1. The Balaban J connectivity index is 1.76. The number of esters is 1. The van der Waals surface area contributed by atoms with Crippen LogP contribution in [0.15, 0.2) is 72.8 Å². The summed E-state index contributed by atoms with van der Waals surface area (Å²) in [5.41, 5.74) is -0.882. The van der Waals surface area contributed by atoms with Gasteiger partial charge in [-0.25, -0.2) is 4.79 Å². The molecule has 170 valence electrons. The zero-order valence-electron chi connectivity index (χ0n) is 17.2. The van der Waals surface area contributed by atoms with Crippen LogP contribution in [0.2, 0.25) is 5.02 Å². The molecule has 3 aromatic carbocycles. The lowest BCUT2D eigenvalue weighted by Gasteiger charge is -2.16. The van der Waals surface area contributed by atoms with Gasteiger partial charge in [0.2, 0.25) is 0 Å². The summed E-state index contributed by atoms with van der Waals surface area (Å²) in [5.74, 6) is -2.24. The smallest absolute Gasteiger partial charge is 0.416 e. The number of carbonyl (C=O) groups is 3. The molecule has 0 heterocycles. The topological polar surface area (TPSA) is 72.5 Å². The number of ketones is 1. The number of anilines is 1. The molecule has 5 nitrogen and oxygen atoms in total. The third kappa shape index (κ3) is 5.78. The molecule has 3 rings (SSSR count). The fourth-order valence-corrected chi connectivity index (χ4v) is 3.08. The van der Waals surface area contributed by atoms with Crippen LogP contribution < -0.4 is 5.32 Å². The Morgan fingerprint density at radius 1 is 0.909 bits per heavy atom. The number of rotatable bonds is 6. The molecule has 1 unspecified atom stereocenters. The summed E-state index contributed by atoms with van der Waals surface area (Å²) in [6, 6.07) is 16.7. The fraction of sp³-hybridized carbons (Fsp3) is 0.125. The molecule has 33 heavy (non-hydrogen) atoms. The molecule has 0 aliphatic carbocycles. The van der Waals surface area contributed by atoms with Crippen molar-refractivity contribution in [1.29, 1.82) is 0 Å². The highest BCUT2D eigenvalue weighted by molar-refractivity contribution is 6.33. The van der Waals surface area contributed by atoms with Gasteiger partial charge in [0, 0.05) is 11.1 Å². The summed E-state index contributed by atoms with van der Waals surface area (Å²) in [4.78, 5) is 37.9. The molecule has 0 bridgehead atoms. The van der Waals surface area contributed by atoms with Crippen molar-refractivity contribution in [2.24, 2.45) is 0 Å². The molecule has 0 aromatic heterocycles. The van der Waals surface area contributed by atoms with E-state index in [1.165, 1.54) is 25.1 Å². The summed E-state index contributed by atoms with van der Waals surface area (Å²) in [6.45, 7) is 1.25. The predicted molar refractivity (Wildman–Crippen MR) is 116 cm³/mol. The molecule has 0 aliphatic heterocycles. The van der Waals surface area contributed by atoms with Crippen LogP contribution in [0.25, 0.3) is 0 Å². The zero-order valence-corrected chi connectivity index (χ0v) is 17.9. The summed E-state index contributed by atoms with van der Waals surface area (Å²) < 4.78 is 44.0. The van der Waals surface area contributed by atoms with E-state index in [1.807, 2.05) is 0 Å². The molecular formula is C24H17ClF3NO4. The number of alkyl halides is 3. The van der Waals surface area contributed by atoms with E-state index in [0.29, 0.717) is 11.6 Å². The maximum absolute atomic E-state index is 12.9. The van der Waals surface area contributed by atoms with Gasteiger partial charge < -0.3 is 10.1 Å². The van der Waals surface area contributed by atoms with Gasteiger partial charge in [-0.2, -0.15) is 13.2 Å².